The van der Waals surface area contributed by atoms with Crippen molar-refractivity contribution in [3.63, 3.8) is 0 Å². The third kappa shape index (κ3) is 41.8. The van der Waals surface area contributed by atoms with E-state index < -0.39 is 156 Å². The van der Waals surface area contributed by atoms with Gasteiger partial charge >= 0.3 is 25.7 Å². The summed E-state index contributed by atoms with van der Waals surface area (Å²) < 4.78 is 65.3. The molecule has 104 heavy (non-hydrogen) atoms. The van der Waals surface area contributed by atoms with E-state index in [1.165, 1.54) is 193 Å². The Bertz CT molecular complexity index is 2150. The molecular formula is C79H149O24P. The van der Waals surface area contributed by atoms with Crippen LogP contribution in [0.3, 0.4) is 0 Å². The van der Waals surface area contributed by atoms with Gasteiger partial charge in [0.2, 0.25) is 0 Å². The van der Waals surface area contributed by atoms with Crippen LogP contribution in [0.1, 0.15) is 349 Å². The van der Waals surface area contributed by atoms with Gasteiger partial charge in [-0.3, -0.25) is 23.4 Å². The highest BCUT2D eigenvalue weighted by atomic mass is 31.2. The Morgan fingerprint density at radius 2 is 0.673 bits per heavy atom. The van der Waals surface area contributed by atoms with Gasteiger partial charge in [0.05, 0.1) is 13.2 Å². The fourth-order valence-electron chi connectivity index (χ4n) is 14.2. The van der Waals surface area contributed by atoms with E-state index in [-0.39, 0.29) is 19.3 Å². The molecule has 0 aromatic rings. The molecular weight excluding hydrogens is 1360 g/mol. The highest BCUT2D eigenvalue weighted by molar-refractivity contribution is 7.47. The van der Waals surface area contributed by atoms with Crippen molar-refractivity contribution in [2.24, 2.45) is 5.92 Å². The average molecular weight is 1510 g/mol. The van der Waals surface area contributed by atoms with Crippen LogP contribution in [0, 0.1) is 5.92 Å². The molecule has 1 saturated carbocycles. The molecule has 2 aliphatic heterocycles. The van der Waals surface area contributed by atoms with E-state index in [9.17, 15) is 74.9 Å². The summed E-state index contributed by atoms with van der Waals surface area (Å²) in [5, 5.41) is 110. The number of esters is 3. The van der Waals surface area contributed by atoms with Gasteiger partial charge < -0.3 is 89.1 Å². The first-order valence-corrected chi connectivity index (χ1v) is 43.2. The molecule has 0 spiro atoms. The maximum atomic E-state index is 14.4. The zero-order valence-corrected chi connectivity index (χ0v) is 65.6. The number of aliphatic hydroxyl groups is 10. The summed E-state index contributed by atoms with van der Waals surface area (Å²) in [6, 6.07) is 0. The predicted octanol–water partition coefficient (Wildman–Crippen LogP) is 13.2. The zero-order valence-electron chi connectivity index (χ0n) is 64.7. The van der Waals surface area contributed by atoms with Crippen LogP contribution in [0.4, 0.5) is 0 Å². The second-order valence-corrected chi connectivity index (χ2v) is 31.9. The van der Waals surface area contributed by atoms with Gasteiger partial charge in [-0.15, -0.1) is 0 Å². The number of hydrogen-bond donors (Lipinski definition) is 11. The van der Waals surface area contributed by atoms with Crippen LogP contribution in [-0.2, 0) is 61.2 Å². The van der Waals surface area contributed by atoms with E-state index in [1.807, 2.05) is 0 Å². The summed E-state index contributed by atoms with van der Waals surface area (Å²) in [4.78, 5) is 51.3. The van der Waals surface area contributed by atoms with Gasteiger partial charge in [0.15, 0.2) is 18.7 Å². The van der Waals surface area contributed by atoms with E-state index in [0.717, 1.165) is 89.9 Å². The molecule has 0 bridgehead atoms. The van der Waals surface area contributed by atoms with Gasteiger partial charge in [0, 0.05) is 19.3 Å². The quantitative estimate of drug-likeness (QED) is 0.0117. The first-order chi connectivity index (χ1) is 50.2. The van der Waals surface area contributed by atoms with Gasteiger partial charge in [-0.1, -0.05) is 310 Å². The van der Waals surface area contributed by atoms with Crippen molar-refractivity contribution >= 4 is 25.7 Å². The number of ether oxygens (including phenoxy) is 7. The predicted molar refractivity (Wildman–Crippen MR) is 398 cm³/mol. The Kier molecular flexibility index (Phi) is 55.2. The molecule has 3 fully saturated rings. The largest absolute Gasteiger partial charge is 0.472 e. The van der Waals surface area contributed by atoms with Crippen LogP contribution < -0.4 is 0 Å². The Morgan fingerprint density at radius 1 is 0.365 bits per heavy atom. The van der Waals surface area contributed by atoms with Crippen molar-refractivity contribution in [2.75, 3.05) is 26.4 Å². The second-order valence-electron chi connectivity index (χ2n) is 30.5. The summed E-state index contributed by atoms with van der Waals surface area (Å²) in [5.74, 6) is -1.27. The monoisotopic (exact) mass is 1510 g/mol. The lowest BCUT2D eigenvalue weighted by atomic mass is 9.84. The van der Waals surface area contributed by atoms with E-state index in [0.29, 0.717) is 25.2 Å². The number of hydrogen-bond acceptors (Lipinski definition) is 23. The molecule has 0 radical (unpaired) electrons. The number of unbranched alkanes of at least 4 members (excludes halogenated alkanes) is 41. The van der Waals surface area contributed by atoms with Gasteiger partial charge in [0.25, 0.3) is 0 Å². The average Bonchev–Trinajstić information content (AvgIpc) is 0.760. The number of phosphoric ester groups is 1. The molecule has 25 heteroatoms. The van der Waals surface area contributed by atoms with E-state index in [2.05, 4.69) is 27.7 Å². The number of carbonyl (C=O) groups excluding carboxylic acids is 3. The van der Waals surface area contributed by atoms with E-state index in [4.69, 9.17) is 42.2 Å². The lowest BCUT2D eigenvalue weighted by molar-refractivity contribution is -0.360. The molecule has 0 aromatic carbocycles. The van der Waals surface area contributed by atoms with Gasteiger partial charge in [-0.05, 0) is 25.2 Å². The molecule has 614 valence electrons. The molecule has 3 aliphatic rings. The minimum Gasteiger partial charge on any atom is -0.463 e. The van der Waals surface area contributed by atoms with E-state index >= 15 is 0 Å². The maximum absolute atomic E-state index is 14.4. The molecule has 2 saturated heterocycles. The van der Waals surface area contributed by atoms with Crippen molar-refractivity contribution < 1.29 is 117 Å². The van der Waals surface area contributed by atoms with Gasteiger partial charge in [-0.2, -0.15) is 0 Å². The Morgan fingerprint density at radius 3 is 1.04 bits per heavy atom. The Hall–Kier alpha value is -2.04. The first-order valence-electron chi connectivity index (χ1n) is 41.7. The molecule has 2 heterocycles. The normalized spacial score (nSPS) is 27.0. The standard InChI is InChI=1S/C79H149O24P/c1-5-8-11-14-17-19-21-23-25-27-29-31-33-35-37-44-49-54-65(83)98-60(56-95-63(81)52-47-42-36-34-32-30-28-26-24-22-20-18-15-12-9-6-2)57-97-104(93,94)103-77-75(101-78-73(91)68(86)66(84)61(55-80)99-78)71(89)70(88)72(90)76(77)102-79-74(92)69(87)67(85)62(100-79)58-96-64(82)53-48-43-39-38-41-46-51-59(4)50-45-40-16-13-10-7-3/h59-62,66-80,84-92H,5-58H2,1-4H3,(H,93,94). The van der Waals surface area contributed by atoms with Crippen molar-refractivity contribution in [3.05, 3.63) is 0 Å². The summed E-state index contributed by atoms with van der Waals surface area (Å²) in [6.45, 7) is 5.84. The number of rotatable bonds is 66. The molecule has 0 aromatic heterocycles. The maximum Gasteiger partial charge on any atom is 0.472 e. The number of aliphatic hydroxyl groups excluding tert-OH is 10. The van der Waals surface area contributed by atoms with Crippen LogP contribution in [0.2, 0.25) is 0 Å². The second kappa shape index (κ2) is 59.7. The van der Waals surface area contributed by atoms with Crippen molar-refractivity contribution in [2.45, 2.75) is 453 Å². The Balaban J connectivity index is 1.70. The van der Waals surface area contributed by atoms with Gasteiger partial charge in [-0.25, -0.2) is 4.57 Å². The zero-order chi connectivity index (χ0) is 76.2. The molecule has 11 N–H and O–H groups in total. The fourth-order valence-corrected chi connectivity index (χ4v) is 15.1. The summed E-state index contributed by atoms with van der Waals surface area (Å²) >= 11 is 0. The van der Waals surface area contributed by atoms with Gasteiger partial charge in [0.1, 0.15) is 98.7 Å². The van der Waals surface area contributed by atoms with Crippen molar-refractivity contribution in [1.82, 2.24) is 0 Å². The van der Waals surface area contributed by atoms with E-state index in [1.54, 1.807) is 0 Å². The smallest absolute Gasteiger partial charge is 0.463 e. The number of carbonyl (C=O) groups is 3. The Labute approximate surface area is 625 Å². The summed E-state index contributed by atoms with van der Waals surface area (Å²) in [5.41, 5.74) is 0. The topological polar surface area (TPSA) is 374 Å². The first kappa shape index (κ1) is 96.2. The minimum atomic E-state index is -5.70. The minimum absolute atomic E-state index is 0.0311. The van der Waals surface area contributed by atoms with Crippen molar-refractivity contribution in [1.29, 1.82) is 0 Å². The summed E-state index contributed by atoms with van der Waals surface area (Å²) in [7, 11) is -5.70. The molecule has 24 nitrogen and oxygen atoms in total. The van der Waals surface area contributed by atoms with Crippen molar-refractivity contribution in [3.8, 4) is 0 Å². The van der Waals surface area contributed by atoms with Crippen LogP contribution in [0.5, 0.6) is 0 Å². The third-order valence-corrected chi connectivity index (χ3v) is 22.0. The molecule has 3 rings (SSSR count). The van der Waals surface area contributed by atoms with Crippen LogP contribution in [0.25, 0.3) is 0 Å². The molecule has 19 atom stereocenters. The summed E-state index contributed by atoms with van der Waals surface area (Å²) in [6.07, 6.45) is 18.5. The number of phosphoric acid groups is 1. The lowest BCUT2D eigenvalue weighted by Crippen LogP contribution is -2.69. The molecule has 1 aliphatic carbocycles. The van der Waals surface area contributed by atoms with Crippen LogP contribution >= 0.6 is 7.82 Å². The lowest BCUT2D eigenvalue weighted by Gasteiger charge is -2.49. The highest BCUT2D eigenvalue weighted by Crippen LogP contribution is 2.49. The van der Waals surface area contributed by atoms with Crippen LogP contribution in [-0.4, -0.2) is 204 Å². The molecule has 0 amide bonds. The van der Waals surface area contributed by atoms with Crippen LogP contribution in [0.15, 0.2) is 0 Å². The highest BCUT2D eigenvalue weighted by Gasteiger charge is 2.58. The molecule has 19 unspecified atom stereocenters. The fraction of sp³-hybridized carbons (Fsp3) is 0.962. The SMILES string of the molecule is CCCCCCCCCCCCCCCCCCCC(=O)OC(COC(=O)CCCCCCCCCCCCCCCCCC)COP(=O)(O)OC1C(OC2OC(CO)C(O)C(O)C2O)C(O)C(O)C(O)C1OC1OC(COC(=O)CCCCCCCCC(C)CCCCCCCC)C(O)C(O)C1O. The third-order valence-electron chi connectivity index (χ3n) is 21.0.